The van der Waals surface area contributed by atoms with E-state index >= 15 is 0 Å². The lowest BCUT2D eigenvalue weighted by molar-refractivity contribution is -0.149. The third-order valence-corrected chi connectivity index (χ3v) is 8.74. The minimum Gasteiger partial charge on any atom is -0.273 e. The van der Waals surface area contributed by atoms with E-state index in [-0.39, 0.29) is 47.3 Å². The fourth-order valence-corrected chi connectivity index (χ4v) is 7.11. The van der Waals surface area contributed by atoms with E-state index in [1.807, 2.05) is 36.4 Å². The number of amides is 3. The van der Waals surface area contributed by atoms with E-state index in [0.717, 1.165) is 22.6 Å². The smallest absolute Gasteiger partial charge is 0.252 e. The fraction of sp³-hybridized carbons (Fsp3) is 0.370. The average molecular weight is 425 g/mol. The van der Waals surface area contributed by atoms with Gasteiger partial charge in [0.15, 0.2) is 0 Å². The van der Waals surface area contributed by atoms with Gasteiger partial charge in [-0.1, -0.05) is 72.8 Å². The van der Waals surface area contributed by atoms with Crippen LogP contribution in [0.3, 0.4) is 0 Å². The normalized spacial score (nSPS) is 37.1. The largest absolute Gasteiger partial charge is 0.273 e. The predicted octanol–water partition coefficient (Wildman–Crippen LogP) is 3.08. The molecule has 3 saturated carbocycles. The van der Waals surface area contributed by atoms with Crippen molar-refractivity contribution in [2.24, 2.45) is 41.4 Å². The number of nitrogens with one attached hydrogen (secondary N) is 1. The Morgan fingerprint density at radius 3 is 1.81 bits per heavy atom. The summed E-state index contributed by atoms with van der Waals surface area (Å²) in [6.07, 6.45) is 6.08. The average Bonchev–Trinajstić information content (AvgIpc) is 3.75. The van der Waals surface area contributed by atoms with Crippen molar-refractivity contribution in [2.45, 2.75) is 18.3 Å². The number of imide groups is 1. The van der Waals surface area contributed by atoms with Crippen LogP contribution in [-0.4, -0.2) is 22.7 Å². The maximum absolute atomic E-state index is 13.4. The van der Waals surface area contributed by atoms with Crippen molar-refractivity contribution < 1.29 is 14.4 Å². The molecule has 1 N–H and O–H groups in total. The Hall–Kier alpha value is -3.21. The molecule has 1 heterocycles. The third kappa shape index (κ3) is 2.26. The van der Waals surface area contributed by atoms with Crippen LogP contribution in [0.25, 0.3) is 0 Å². The van der Waals surface area contributed by atoms with Crippen LogP contribution >= 0.6 is 0 Å². The van der Waals surface area contributed by atoms with Crippen LogP contribution < -0.4 is 5.43 Å². The van der Waals surface area contributed by atoms with Crippen molar-refractivity contribution >= 4 is 17.7 Å². The number of benzene rings is 2. The van der Waals surface area contributed by atoms with Gasteiger partial charge in [-0.2, -0.15) is 5.01 Å². The zero-order valence-corrected chi connectivity index (χ0v) is 17.6. The molecule has 0 spiro atoms. The Morgan fingerprint density at radius 2 is 1.31 bits per heavy atom. The molecule has 1 aliphatic heterocycles. The number of hydrazine groups is 1. The molecule has 2 bridgehead atoms. The number of nitrogens with zero attached hydrogens (tertiary/aromatic N) is 1. The highest BCUT2D eigenvalue weighted by atomic mass is 16.2. The molecule has 3 amide bonds. The van der Waals surface area contributed by atoms with E-state index in [0.29, 0.717) is 18.3 Å². The SMILES string of the molecule is O=C(NN1C(=O)C2C3C=CC(C4CC34)C2C1=O)C1CC1(c1ccccc1)c1ccccc1. The van der Waals surface area contributed by atoms with E-state index in [9.17, 15) is 14.4 Å². The maximum atomic E-state index is 13.4. The Morgan fingerprint density at radius 1 is 0.812 bits per heavy atom. The lowest BCUT2D eigenvalue weighted by Crippen LogP contribution is -2.48. The summed E-state index contributed by atoms with van der Waals surface area (Å²) in [6, 6.07) is 20.1. The maximum Gasteiger partial charge on any atom is 0.252 e. The molecule has 0 aromatic heterocycles. The van der Waals surface area contributed by atoms with Gasteiger partial charge in [-0.25, -0.2) is 0 Å². The summed E-state index contributed by atoms with van der Waals surface area (Å²) < 4.78 is 0. The summed E-state index contributed by atoms with van der Waals surface area (Å²) in [5.74, 6) is -0.196. The van der Waals surface area contributed by atoms with Crippen LogP contribution in [0.2, 0.25) is 0 Å². The van der Waals surface area contributed by atoms with Crippen molar-refractivity contribution in [3.63, 3.8) is 0 Å². The topological polar surface area (TPSA) is 66.5 Å². The van der Waals surface area contributed by atoms with Crippen molar-refractivity contribution in [2.75, 3.05) is 0 Å². The molecule has 2 aromatic carbocycles. The summed E-state index contributed by atoms with van der Waals surface area (Å²) in [5, 5.41) is 1.06. The summed E-state index contributed by atoms with van der Waals surface area (Å²) in [6.45, 7) is 0. The van der Waals surface area contributed by atoms with E-state index in [4.69, 9.17) is 0 Å². The molecular weight excluding hydrogens is 400 g/mol. The van der Waals surface area contributed by atoms with Crippen LogP contribution in [0.1, 0.15) is 24.0 Å². The lowest BCUT2D eigenvalue weighted by atomic mass is 9.63. The van der Waals surface area contributed by atoms with Crippen molar-refractivity contribution in [1.82, 2.24) is 10.4 Å². The molecule has 8 rings (SSSR count). The number of rotatable bonds is 4. The summed E-state index contributed by atoms with van der Waals surface area (Å²) in [4.78, 5) is 39.9. The first-order valence-corrected chi connectivity index (χ1v) is 11.6. The molecule has 6 aliphatic rings. The van der Waals surface area contributed by atoms with Gasteiger partial charge in [0.2, 0.25) is 5.91 Å². The van der Waals surface area contributed by atoms with Gasteiger partial charge < -0.3 is 0 Å². The van der Waals surface area contributed by atoms with Gasteiger partial charge in [0.05, 0.1) is 17.8 Å². The molecule has 7 atom stereocenters. The molecule has 5 heteroatoms. The standard InChI is InChI=1S/C27H24N2O3/c30-24(21-14-27(21,15-7-3-1-4-8-15)16-9-5-2-6-10-16)28-29-25(31)22-17-11-12-18(20-13-19(17)20)23(22)26(29)32/h1-12,17-23H,13-14H2,(H,28,30). The molecule has 5 aliphatic carbocycles. The van der Waals surface area contributed by atoms with Crippen molar-refractivity contribution in [3.8, 4) is 0 Å². The fourth-order valence-electron chi connectivity index (χ4n) is 7.11. The lowest BCUT2D eigenvalue weighted by Gasteiger charge is -2.37. The molecular formula is C27H24N2O3. The highest BCUT2D eigenvalue weighted by Gasteiger charge is 2.68. The first-order valence-electron chi connectivity index (χ1n) is 11.6. The second-order valence-corrected chi connectivity index (χ2v) is 10.1. The Balaban J connectivity index is 1.17. The van der Waals surface area contributed by atoms with Gasteiger partial charge >= 0.3 is 0 Å². The molecule has 160 valence electrons. The molecule has 32 heavy (non-hydrogen) atoms. The Kier molecular flexibility index (Phi) is 3.55. The quantitative estimate of drug-likeness (QED) is 0.606. The molecule has 0 radical (unpaired) electrons. The minimum atomic E-state index is -0.423. The van der Waals surface area contributed by atoms with Crippen LogP contribution in [0.4, 0.5) is 0 Å². The number of hydrogen-bond acceptors (Lipinski definition) is 3. The molecule has 5 nitrogen and oxygen atoms in total. The number of carbonyl (C=O) groups is 3. The summed E-state index contributed by atoms with van der Waals surface area (Å²) >= 11 is 0. The molecule has 7 unspecified atom stereocenters. The Bertz CT molecular complexity index is 1100. The number of carbonyl (C=O) groups excluding carboxylic acids is 3. The highest BCUT2D eigenvalue weighted by Crippen LogP contribution is 2.65. The predicted molar refractivity (Wildman–Crippen MR) is 116 cm³/mol. The van der Waals surface area contributed by atoms with E-state index in [1.165, 1.54) is 0 Å². The number of hydrogen-bond donors (Lipinski definition) is 1. The van der Waals surface area contributed by atoms with Crippen LogP contribution in [-0.2, 0) is 19.8 Å². The first-order chi connectivity index (χ1) is 15.6. The van der Waals surface area contributed by atoms with Crippen molar-refractivity contribution in [1.29, 1.82) is 0 Å². The minimum absolute atomic E-state index is 0.155. The Labute approximate surface area is 186 Å². The first kappa shape index (κ1) is 18.4. The zero-order chi connectivity index (χ0) is 21.6. The second kappa shape index (κ2) is 6.18. The molecule has 1 saturated heterocycles. The zero-order valence-electron chi connectivity index (χ0n) is 17.6. The van der Waals surface area contributed by atoms with Crippen LogP contribution in [0, 0.1) is 41.4 Å². The summed E-state index contributed by atoms with van der Waals surface area (Å²) in [5.41, 5.74) is 4.50. The monoisotopic (exact) mass is 424 g/mol. The van der Waals surface area contributed by atoms with Gasteiger partial charge in [-0.15, -0.1) is 0 Å². The van der Waals surface area contributed by atoms with E-state index in [2.05, 4.69) is 41.8 Å². The van der Waals surface area contributed by atoms with E-state index < -0.39 is 5.41 Å². The van der Waals surface area contributed by atoms with E-state index in [1.54, 1.807) is 0 Å². The van der Waals surface area contributed by atoms with Gasteiger partial charge in [0.1, 0.15) is 0 Å². The van der Waals surface area contributed by atoms with Gasteiger partial charge in [-0.3, -0.25) is 19.8 Å². The molecule has 2 aromatic rings. The van der Waals surface area contributed by atoms with Gasteiger partial charge in [0, 0.05) is 5.41 Å². The van der Waals surface area contributed by atoms with Gasteiger partial charge in [-0.05, 0) is 47.6 Å². The second-order valence-electron chi connectivity index (χ2n) is 10.1. The van der Waals surface area contributed by atoms with Gasteiger partial charge in [0.25, 0.3) is 11.8 Å². The molecule has 4 fully saturated rings. The summed E-state index contributed by atoms with van der Waals surface area (Å²) in [7, 11) is 0. The highest BCUT2D eigenvalue weighted by molar-refractivity contribution is 6.07. The third-order valence-electron chi connectivity index (χ3n) is 8.74. The van der Waals surface area contributed by atoms with Crippen LogP contribution in [0.5, 0.6) is 0 Å². The number of allylic oxidation sites excluding steroid dienone is 2. The van der Waals surface area contributed by atoms with Crippen molar-refractivity contribution in [3.05, 3.63) is 83.9 Å². The van der Waals surface area contributed by atoms with Crippen LogP contribution in [0.15, 0.2) is 72.8 Å².